The molecule has 0 unspecified atom stereocenters. The van der Waals surface area contributed by atoms with Crippen molar-refractivity contribution >= 4 is 21.8 Å². The van der Waals surface area contributed by atoms with Crippen LogP contribution in [0.2, 0.25) is 0 Å². The van der Waals surface area contributed by atoms with Crippen LogP contribution in [0.15, 0.2) is 65.6 Å². The van der Waals surface area contributed by atoms with E-state index in [0.717, 1.165) is 31.5 Å². The minimum Gasteiger partial charge on any atom is -0.302 e. The SMILES string of the molecule is O=[N+]([O-])c1ccc(S(=O)(=O)N(C/C=C/c2ccccc2)CCN2CCCC2)cc1. The highest BCUT2D eigenvalue weighted by molar-refractivity contribution is 7.89. The number of sulfonamides is 1. The number of hydrogen-bond donors (Lipinski definition) is 0. The molecule has 2 aromatic carbocycles. The Hall–Kier alpha value is -2.55. The summed E-state index contributed by atoms with van der Waals surface area (Å²) in [6.07, 6.45) is 6.02. The fourth-order valence-corrected chi connectivity index (χ4v) is 4.71. The highest BCUT2D eigenvalue weighted by atomic mass is 32.2. The van der Waals surface area contributed by atoms with Crippen LogP contribution < -0.4 is 0 Å². The third-order valence-electron chi connectivity index (χ3n) is 4.97. The molecule has 1 saturated heterocycles. The molecule has 1 aliphatic heterocycles. The van der Waals surface area contributed by atoms with Crippen molar-refractivity contribution in [2.75, 3.05) is 32.7 Å². The maximum atomic E-state index is 13.2. The van der Waals surface area contributed by atoms with Gasteiger partial charge in [0.2, 0.25) is 10.0 Å². The lowest BCUT2D eigenvalue weighted by atomic mass is 10.2. The van der Waals surface area contributed by atoms with Gasteiger partial charge >= 0.3 is 0 Å². The third-order valence-corrected chi connectivity index (χ3v) is 6.85. The van der Waals surface area contributed by atoms with E-state index in [1.165, 1.54) is 28.6 Å². The molecule has 0 spiro atoms. The zero-order chi connectivity index (χ0) is 20.7. The van der Waals surface area contributed by atoms with Gasteiger partial charge in [0.05, 0.1) is 9.82 Å². The van der Waals surface area contributed by atoms with Gasteiger partial charge in [0.15, 0.2) is 0 Å². The average molecular weight is 416 g/mol. The molecular formula is C21H25N3O4S. The van der Waals surface area contributed by atoms with E-state index >= 15 is 0 Å². The second-order valence-electron chi connectivity index (χ2n) is 6.98. The summed E-state index contributed by atoms with van der Waals surface area (Å²) in [4.78, 5) is 12.6. The van der Waals surface area contributed by atoms with Crippen molar-refractivity contribution in [3.05, 3.63) is 76.4 Å². The van der Waals surface area contributed by atoms with Crippen LogP contribution in [0.1, 0.15) is 18.4 Å². The van der Waals surface area contributed by atoms with Gasteiger partial charge in [0, 0.05) is 31.8 Å². The summed E-state index contributed by atoms with van der Waals surface area (Å²) in [6, 6.07) is 14.8. The van der Waals surface area contributed by atoms with Crippen molar-refractivity contribution in [2.45, 2.75) is 17.7 Å². The number of nitro groups is 1. The fourth-order valence-electron chi connectivity index (χ4n) is 3.33. The number of nitrogens with zero attached hydrogens (tertiary/aromatic N) is 3. The lowest BCUT2D eigenvalue weighted by molar-refractivity contribution is -0.384. The van der Waals surface area contributed by atoms with E-state index in [9.17, 15) is 18.5 Å². The Morgan fingerprint density at radius 3 is 2.31 bits per heavy atom. The average Bonchev–Trinajstić information content (AvgIpc) is 3.25. The van der Waals surface area contributed by atoms with E-state index in [4.69, 9.17) is 0 Å². The smallest absolute Gasteiger partial charge is 0.269 e. The molecule has 0 saturated carbocycles. The van der Waals surface area contributed by atoms with Gasteiger partial charge < -0.3 is 4.90 Å². The predicted octanol–water partition coefficient (Wildman–Crippen LogP) is 3.39. The van der Waals surface area contributed by atoms with E-state index in [1.807, 2.05) is 42.5 Å². The number of hydrogen-bond acceptors (Lipinski definition) is 5. The zero-order valence-electron chi connectivity index (χ0n) is 16.2. The van der Waals surface area contributed by atoms with Crippen LogP contribution in [0.3, 0.4) is 0 Å². The molecule has 1 heterocycles. The Labute approximate surface area is 171 Å². The van der Waals surface area contributed by atoms with E-state index in [1.54, 1.807) is 0 Å². The highest BCUT2D eigenvalue weighted by Crippen LogP contribution is 2.20. The van der Waals surface area contributed by atoms with Gasteiger partial charge in [-0.3, -0.25) is 10.1 Å². The maximum Gasteiger partial charge on any atom is 0.269 e. The van der Waals surface area contributed by atoms with Crippen molar-refractivity contribution in [3.8, 4) is 0 Å². The number of rotatable bonds is 9. The number of benzene rings is 2. The molecule has 154 valence electrons. The fraction of sp³-hybridized carbons (Fsp3) is 0.333. The summed E-state index contributed by atoms with van der Waals surface area (Å²) in [5.74, 6) is 0. The van der Waals surface area contributed by atoms with Crippen LogP contribution in [0.4, 0.5) is 5.69 Å². The minimum absolute atomic E-state index is 0.0673. The van der Waals surface area contributed by atoms with Crippen LogP contribution in [0.25, 0.3) is 6.08 Å². The monoisotopic (exact) mass is 415 g/mol. The highest BCUT2D eigenvalue weighted by Gasteiger charge is 2.25. The molecule has 8 heteroatoms. The summed E-state index contributed by atoms with van der Waals surface area (Å²) >= 11 is 0. The predicted molar refractivity (Wildman–Crippen MR) is 113 cm³/mol. The van der Waals surface area contributed by atoms with Crippen molar-refractivity contribution in [2.24, 2.45) is 0 Å². The van der Waals surface area contributed by atoms with Gasteiger partial charge in [0.25, 0.3) is 5.69 Å². The topological polar surface area (TPSA) is 83.8 Å². The molecule has 0 amide bonds. The first kappa shape index (κ1) is 21.2. The van der Waals surface area contributed by atoms with E-state index in [0.29, 0.717) is 13.1 Å². The summed E-state index contributed by atoms with van der Waals surface area (Å²) in [7, 11) is -3.76. The Morgan fingerprint density at radius 1 is 1.03 bits per heavy atom. The van der Waals surface area contributed by atoms with Gasteiger partial charge in [-0.25, -0.2) is 8.42 Å². The molecule has 0 N–H and O–H groups in total. The molecule has 29 heavy (non-hydrogen) atoms. The first-order chi connectivity index (χ1) is 14.0. The zero-order valence-corrected chi connectivity index (χ0v) is 17.0. The van der Waals surface area contributed by atoms with E-state index in [2.05, 4.69) is 4.90 Å². The molecule has 3 rings (SSSR count). The second kappa shape index (κ2) is 9.78. The van der Waals surface area contributed by atoms with Crippen molar-refractivity contribution in [1.29, 1.82) is 0 Å². The Kier molecular flexibility index (Phi) is 7.13. The molecule has 1 fully saturated rings. The standard InChI is InChI=1S/C21H25N3O4S/c25-24(26)20-10-12-21(13-11-20)29(27,28)23(18-17-22-14-4-5-15-22)16-6-9-19-7-2-1-3-8-19/h1-3,6-13H,4-5,14-18H2/b9-6+. The lowest BCUT2D eigenvalue weighted by Crippen LogP contribution is -2.38. The minimum atomic E-state index is -3.76. The van der Waals surface area contributed by atoms with Crippen LogP contribution in [0, 0.1) is 10.1 Å². The van der Waals surface area contributed by atoms with Crippen LogP contribution in [-0.4, -0.2) is 55.3 Å². The van der Waals surface area contributed by atoms with Crippen molar-refractivity contribution < 1.29 is 13.3 Å². The summed E-state index contributed by atoms with van der Waals surface area (Å²) < 4.78 is 27.8. The normalized spacial score (nSPS) is 15.3. The summed E-state index contributed by atoms with van der Waals surface area (Å²) in [5, 5.41) is 10.9. The summed E-state index contributed by atoms with van der Waals surface area (Å²) in [6.45, 7) is 3.27. The molecule has 0 bridgehead atoms. The molecule has 2 aromatic rings. The Bertz CT molecular complexity index is 938. The van der Waals surface area contributed by atoms with Crippen LogP contribution >= 0.6 is 0 Å². The van der Waals surface area contributed by atoms with Gasteiger partial charge in [0.1, 0.15) is 0 Å². The molecule has 0 radical (unpaired) electrons. The van der Waals surface area contributed by atoms with Gasteiger partial charge in [-0.1, -0.05) is 42.5 Å². The van der Waals surface area contributed by atoms with Gasteiger partial charge in [-0.05, 0) is 43.6 Å². The van der Waals surface area contributed by atoms with E-state index in [-0.39, 0.29) is 17.1 Å². The van der Waals surface area contributed by atoms with Crippen LogP contribution in [-0.2, 0) is 10.0 Å². The number of likely N-dealkylation sites (tertiary alicyclic amines) is 1. The lowest BCUT2D eigenvalue weighted by Gasteiger charge is -2.24. The van der Waals surface area contributed by atoms with Gasteiger partial charge in [-0.15, -0.1) is 0 Å². The Morgan fingerprint density at radius 2 is 1.69 bits per heavy atom. The number of nitro benzene ring substituents is 1. The third kappa shape index (κ3) is 5.72. The molecule has 7 nitrogen and oxygen atoms in total. The van der Waals surface area contributed by atoms with Crippen LogP contribution in [0.5, 0.6) is 0 Å². The van der Waals surface area contributed by atoms with Crippen molar-refractivity contribution in [1.82, 2.24) is 9.21 Å². The quantitative estimate of drug-likeness (QED) is 0.463. The summed E-state index contributed by atoms with van der Waals surface area (Å²) in [5.41, 5.74) is 0.872. The Balaban J connectivity index is 1.77. The maximum absolute atomic E-state index is 13.2. The van der Waals surface area contributed by atoms with Gasteiger partial charge in [-0.2, -0.15) is 4.31 Å². The second-order valence-corrected chi connectivity index (χ2v) is 8.91. The molecule has 1 aliphatic rings. The molecule has 0 aromatic heterocycles. The first-order valence-electron chi connectivity index (χ1n) is 9.65. The first-order valence-corrected chi connectivity index (χ1v) is 11.1. The van der Waals surface area contributed by atoms with Crippen molar-refractivity contribution in [3.63, 3.8) is 0 Å². The molecular weight excluding hydrogens is 390 g/mol. The number of non-ortho nitro benzene ring substituents is 1. The largest absolute Gasteiger partial charge is 0.302 e. The van der Waals surface area contributed by atoms with E-state index < -0.39 is 14.9 Å². The molecule has 0 atom stereocenters. The molecule has 0 aliphatic carbocycles.